The van der Waals surface area contributed by atoms with Crippen molar-refractivity contribution in [2.45, 2.75) is 44.9 Å². The highest BCUT2D eigenvalue weighted by atomic mass is 16.3. The van der Waals surface area contributed by atoms with E-state index in [9.17, 15) is 9.90 Å². The minimum atomic E-state index is -0.315. The van der Waals surface area contributed by atoms with Gasteiger partial charge in [-0.25, -0.2) is 4.98 Å². The van der Waals surface area contributed by atoms with E-state index in [1.165, 1.54) is 11.1 Å². The van der Waals surface area contributed by atoms with E-state index in [4.69, 9.17) is 4.98 Å². The van der Waals surface area contributed by atoms with Gasteiger partial charge in [0.25, 0.3) is 0 Å². The van der Waals surface area contributed by atoms with Crippen LogP contribution in [0.5, 0.6) is 5.75 Å². The summed E-state index contributed by atoms with van der Waals surface area (Å²) in [5.74, 6) is 1.16. The van der Waals surface area contributed by atoms with E-state index in [-0.39, 0.29) is 23.7 Å². The zero-order valence-corrected chi connectivity index (χ0v) is 19.7. The summed E-state index contributed by atoms with van der Waals surface area (Å²) in [6.07, 6.45) is 1.33. The molecule has 35 heavy (non-hydrogen) atoms. The van der Waals surface area contributed by atoms with Gasteiger partial charge in [-0.2, -0.15) is 0 Å². The van der Waals surface area contributed by atoms with Crippen LogP contribution in [0.4, 0.5) is 0 Å². The largest absolute Gasteiger partial charge is 0.508 e. The van der Waals surface area contributed by atoms with Crippen molar-refractivity contribution in [3.05, 3.63) is 107 Å². The molecular formula is C29H28N4O2. The van der Waals surface area contributed by atoms with E-state index in [0.29, 0.717) is 19.5 Å². The Kier molecular flexibility index (Phi) is 5.38. The summed E-state index contributed by atoms with van der Waals surface area (Å²) in [4.78, 5) is 24.4. The molecule has 0 fully saturated rings. The van der Waals surface area contributed by atoms with Crippen molar-refractivity contribution in [3.63, 3.8) is 0 Å². The number of aromatic amines is 1. The van der Waals surface area contributed by atoms with E-state index in [1.807, 2.05) is 42.2 Å². The first-order valence-electron chi connectivity index (χ1n) is 12.1. The van der Waals surface area contributed by atoms with E-state index < -0.39 is 0 Å². The Labute approximate surface area is 204 Å². The number of fused-ring (bicyclic) bond motifs is 2. The third-order valence-electron chi connectivity index (χ3n) is 7.25. The average molecular weight is 465 g/mol. The lowest BCUT2D eigenvalue weighted by molar-refractivity contribution is -0.137. The molecule has 0 saturated carbocycles. The van der Waals surface area contributed by atoms with Crippen molar-refractivity contribution in [1.82, 2.24) is 20.2 Å². The number of nitrogens with zero attached hydrogens (tertiary/aromatic N) is 2. The Morgan fingerprint density at radius 3 is 2.51 bits per heavy atom. The lowest BCUT2D eigenvalue weighted by Gasteiger charge is -2.39. The Morgan fingerprint density at radius 2 is 1.69 bits per heavy atom. The zero-order valence-electron chi connectivity index (χ0n) is 19.7. The summed E-state index contributed by atoms with van der Waals surface area (Å²) < 4.78 is 0. The quantitative estimate of drug-likeness (QED) is 0.419. The number of rotatable bonds is 3. The van der Waals surface area contributed by atoms with Crippen LogP contribution in [0.15, 0.2) is 72.8 Å². The van der Waals surface area contributed by atoms with Crippen molar-refractivity contribution in [2.24, 2.45) is 0 Å². The highest BCUT2D eigenvalue weighted by Crippen LogP contribution is 2.35. The third kappa shape index (κ3) is 4.00. The number of carbonyl (C=O) groups excluding carboxylic acids is 1. The zero-order chi connectivity index (χ0) is 23.9. The number of phenols is 1. The number of imidazole rings is 1. The van der Waals surface area contributed by atoms with Gasteiger partial charge in [0.15, 0.2) is 0 Å². The average Bonchev–Trinajstić information content (AvgIpc) is 3.29. The second-order valence-corrected chi connectivity index (χ2v) is 9.51. The normalized spacial score (nSPS) is 19.2. The van der Waals surface area contributed by atoms with Crippen LogP contribution in [0.1, 0.15) is 39.8 Å². The number of amides is 1. The summed E-state index contributed by atoms with van der Waals surface area (Å²) in [6, 6.07) is 23.4. The van der Waals surface area contributed by atoms with Gasteiger partial charge in [0.2, 0.25) is 5.91 Å². The second-order valence-electron chi connectivity index (χ2n) is 9.51. The van der Waals surface area contributed by atoms with Crippen LogP contribution in [0.3, 0.4) is 0 Å². The van der Waals surface area contributed by atoms with Gasteiger partial charge in [0, 0.05) is 30.8 Å². The van der Waals surface area contributed by atoms with Gasteiger partial charge < -0.3 is 20.3 Å². The van der Waals surface area contributed by atoms with Crippen LogP contribution in [0.2, 0.25) is 0 Å². The monoisotopic (exact) mass is 464 g/mol. The molecule has 0 aliphatic carbocycles. The van der Waals surface area contributed by atoms with Crippen LogP contribution < -0.4 is 5.32 Å². The molecule has 6 nitrogen and oxygen atoms in total. The molecular weight excluding hydrogens is 436 g/mol. The number of phenolic OH excluding ortho intramolecular Hbond substituents is 1. The van der Waals surface area contributed by atoms with Crippen LogP contribution >= 0.6 is 0 Å². The predicted octanol–water partition coefficient (Wildman–Crippen LogP) is 4.43. The molecule has 3 N–H and O–H groups in total. The van der Waals surface area contributed by atoms with Gasteiger partial charge in [0.1, 0.15) is 11.6 Å². The maximum Gasteiger partial charge on any atom is 0.240 e. The summed E-state index contributed by atoms with van der Waals surface area (Å²) in [7, 11) is 0. The molecule has 3 aromatic carbocycles. The number of hydrogen-bond acceptors (Lipinski definition) is 4. The molecule has 4 aromatic rings. The topological polar surface area (TPSA) is 81.2 Å². The Hall–Kier alpha value is -3.90. The molecule has 0 saturated heterocycles. The number of aryl methyl sites for hydroxylation is 1. The van der Waals surface area contributed by atoms with Gasteiger partial charge in [-0.3, -0.25) is 4.79 Å². The van der Waals surface area contributed by atoms with Gasteiger partial charge in [-0.05, 0) is 47.7 Å². The number of carbonyl (C=O) groups is 1. The first-order valence-corrected chi connectivity index (χ1v) is 12.1. The lowest BCUT2D eigenvalue weighted by atomic mass is 9.90. The van der Waals surface area contributed by atoms with Gasteiger partial charge in [0.05, 0.1) is 17.8 Å². The van der Waals surface area contributed by atoms with E-state index in [0.717, 1.165) is 40.3 Å². The van der Waals surface area contributed by atoms with Crippen LogP contribution in [-0.4, -0.2) is 31.9 Å². The lowest BCUT2D eigenvalue weighted by Crippen LogP contribution is -2.51. The number of benzene rings is 3. The van der Waals surface area contributed by atoms with Crippen molar-refractivity contribution < 1.29 is 9.90 Å². The van der Waals surface area contributed by atoms with E-state index in [1.54, 1.807) is 12.1 Å². The van der Waals surface area contributed by atoms with Crippen LogP contribution in [0, 0.1) is 6.92 Å². The Morgan fingerprint density at radius 1 is 0.943 bits per heavy atom. The van der Waals surface area contributed by atoms with Crippen LogP contribution in [0.25, 0.3) is 11.3 Å². The SMILES string of the molecule is Cc1[nH]c([C@H]2Cc3ccccc3CN2C(=O)[C@@H]2Cc3ccc(O)cc3CN2)nc1-c1ccccc1. The predicted molar refractivity (Wildman–Crippen MR) is 135 cm³/mol. The summed E-state index contributed by atoms with van der Waals surface area (Å²) >= 11 is 0. The van der Waals surface area contributed by atoms with Gasteiger partial charge in [-0.1, -0.05) is 60.7 Å². The van der Waals surface area contributed by atoms with Crippen LogP contribution in [-0.2, 0) is 30.7 Å². The molecule has 1 aromatic heterocycles. The Balaban J connectivity index is 1.34. The van der Waals surface area contributed by atoms with E-state index >= 15 is 0 Å². The molecule has 6 heteroatoms. The summed E-state index contributed by atoms with van der Waals surface area (Å²) in [5, 5.41) is 13.2. The smallest absolute Gasteiger partial charge is 0.240 e. The fraction of sp³-hybridized carbons (Fsp3) is 0.241. The number of aromatic hydroxyl groups is 1. The molecule has 2 aliphatic heterocycles. The summed E-state index contributed by atoms with van der Waals surface area (Å²) in [5.41, 5.74) is 7.59. The number of hydrogen-bond donors (Lipinski definition) is 3. The minimum Gasteiger partial charge on any atom is -0.508 e. The highest BCUT2D eigenvalue weighted by molar-refractivity contribution is 5.83. The maximum atomic E-state index is 14.0. The highest BCUT2D eigenvalue weighted by Gasteiger charge is 2.37. The second kappa shape index (κ2) is 8.71. The van der Waals surface area contributed by atoms with Crippen molar-refractivity contribution in [2.75, 3.05) is 0 Å². The fourth-order valence-corrected chi connectivity index (χ4v) is 5.39. The third-order valence-corrected chi connectivity index (χ3v) is 7.25. The standard InChI is InChI=1S/C29H28N4O2/c1-18-27(19-7-3-2-4-8-19)32-28(31-18)26-15-20-9-5-6-10-22(20)17-33(26)29(35)25-14-21-11-12-24(34)13-23(21)16-30-25/h2-13,25-26,30,34H,14-17H2,1H3,(H,31,32)/t25-,26+/m0/s1. The number of aromatic nitrogens is 2. The molecule has 1 amide bonds. The van der Waals surface area contributed by atoms with Gasteiger partial charge >= 0.3 is 0 Å². The molecule has 2 aliphatic rings. The molecule has 2 atom stereocenters. The molecule has 0 bridgehead atoms. The Bertz CT molecular complexity index is 1400. The molecule has 3 heterocycles. The minimum absolute atomic E-state index is 0.0820. The van der Waals surface area contributed by atoms with Crippen molar-refractivity contribution in [3.8, 4) is 17.0 Å². The van der Waals surface area contributed by atoms with Crippen molar-refractivity contribution >= 4 is 5.91 Å². The molecule has 0 spiro atoms. The van der Waals surface area contributed by atoms with Crippen molar-refractivity contribution in [1.29, 1.82) is 0 Å². The first-order chi connectivity index (χ1) is 17.1. The number of H-pyrrole nitrogens is 1. The molecule has 0 radical (unpaired) electrons. The fourth-order valence-electron chi connectivity index (χ4n) is 5.39. The first kappa shape index (κ1) is 21.6. The molecule has 0 unspecified atom stereocenters. The molecule has 6 rings (SSSR count). The summed E-state index contributed by atoms with van der Waals surface area (Å²) in [6.45, 7) is 3.16. The molecule has 176 valence electrons. The van der Waals surface area contributed by atoms with E-state index in [2.05, 4.69) is 40.6 Å². The maximum absolute atomic E-state index is 14.0. The number of nitrogens with one attached hydrogen (secondary N) is 2. The van der Waals surface area contributed by atoms with Gasteiger partial charge in [-0.15, -0.1) is 0 Å².